The SMILES string of the molecule is CC(C)n1sc(-c2ccccc2)c(NC2CCN(c3ccccn3)CC2)c1=O. The maximum absolute atomic E-state index is 13.1. The van der Waals surface area contributed by atoms with Crippen LogP contribution in [0.15, 0.2) is 59.5 Å². The molecule has 28 heavy (non-hydrogen) atoms. The van der Waals surface area contributed by atoms with Gasteiger partial charge in [-0.25, -0.2) is 4.98 Å². The third kappa shape index (κ3) is 3.83. The van der Waals surface area contributed by atoms with Gasteiger partial charge in [-0.15, -0.1) is 0 Å². The molecule has 0 radical (unpaired) electrons. The highest BCUT2D eigenvalue weighted by Crippen LogP contribution is 2.33. The summed E-state index contributed by atoms with van der Waals surface area (Å²) in [5, 5.41) is 3.59. The van der Waals surface area contributed by atoms with E-state index >= 15 is 0 Å². The molecule has 0 amide bonds. The van der Waals surface area contributed by atoms with Crippen LogP contribution in [0.1, 0.15) is 32.7 Å². The van der Waals surface area contributed by atoms with Crippen molar-refractivity contribution in [3.8, 4) is 10.4 Å². The summed E-state index contributed by atoms with van der Waals surface area (Å²) < 4.78 is 1.87. The van der Waals surface area contributed by atoms with Crippen LogP contribution in [0.3, 0.4) is 0 Å². The van der Waals surface area contributed by atoms with Gasteiger partial charge in [-0.2, -0.15) is 0 Å². The van der Waals surface area contributed by atoms with Crippen LogP contribution in [0.25, 0.3) is 10.4 Å². The van der Waals surface area contributed by atoms with Crippen LogP contribution in [0.4, 0.5) is 11.5 Å². The molecule has 3 aromatic rings. The van der Waals surface area contributed by atoms with Crippen molar-refractivity contribution in [1.82, 2.24) is 8.94 Å². The van der Waals surface area contributed by atoms with E-state index in [1.54, 1.807) is 11.5 Å². The van der Waals surface area contributed by atoms with E-state index in [1.807, 2.05) is 40.5 Å². The third-order valence-electron chi connectivity index (χ3n) is 5.15. The molecule has 146 valence electrons. The third-order valence-corrected chi connectivity index (χ3v) is 6.56. The van der Waals surface area contributed by atoms with Crippen molar-refractivity contribution in [2.24, 2.45) is 0 Å². The van der Waals surface area contributed by atoms with Crippen LogP contribution in [0.5, 0.6) is 0 Å². The highest BCUT2D eigenvalue weighted by atomic mass is 32.1. The van der Waals surface area contributed by atoms with Gasteiger partial charge in [0.05, 0.1) is 4.88 Å². The minimum atomic E-state index is 0.0889. The molecule has 1 aromatic carbocycles. The Bertz CT molecular complexity index is 957. The summed E-state index contributed by atoms with van der Waals surface area (Å²) in [6, 6.07) is 16.7. The Hall–Kier alpha value is -2.60. The zero-order valence-corrected chi connectivity index (χ0v) is 17.2. The van der Waals surface area contributed by atoms with E-state index in [0.29, 0.717) is 6.04 Å². The maximum atomic E-state index is 13.1. The number of benzene rings is 1. The zero-order chi connectivity index (χ0) is 19.5. The van der Waals surface area contributed by atoms with Crippen molar-refractivity contribution >= 4 is 23.0 Å². The Morgan fingerprint density at radius 2 is 1.79 bits per heavy atom. The number of hydrogen-bond acceptors (Lipinski definition) is 5. The quantitative estimate of drug-likeness (QED) is 0.685. The molecule has 1 aliphatic rings. The lowest BCUT2D eigenvalue weighted by Crippen LogP contribution is -2.40. The molecule has 0 aliphatic carbocycles. The highest BCUT2D eigenvalue weighted by molar-refractivity contribution is 7.11. The topological polar surface area (TPSA) is 50.2 Å². The summed E-state index contributed by atoms with van der Waals surface area (Å²) in [4.78, 5) is 20.9. The molecule has 1 aliphatic heterocycles. The molecule has 4 rings (SSSR count). The van der Waals surface area contributed by atoms with Crippen LogP contribution in [-0.2, 0) is 0 Å². The second kappa shape index (κ2) is 8.19. The van der Waals surface area contributed by atoms with Gasteiger partial charge < -0.3 is 10.2 Å². The molecule has 0 saturated carbocycles. The first-order chi connectivity index (χ1) is 13.6. The Morgan fingerprint density at radius 3 is 2.43 bits per heavy atom. The molecule has 1 N–H and O–H groups in total. The molecule has 0 bridgehead atoms. The second-order valence-corrected chi connectivity index (χ2v) is 8.46. The highest BCUT2D eigenvalue weighted by Gasteiger charge is 2.24. The van der Waals surface area contributed by atoms with Crippen molar-refractivity contribution in [2.75, 3.05) is 23.3 Å². The Balaban J connectivity index is 1.54. The summed E-state index contributed by atoms with van der Waals surface area (Å²) in [6.07, 6.45) is 3.81. The van der Waals surface area contributed by atoms with Gasteiger partial charge in [0, 0.05) is 31.4 Å². The van der Waals surface area contributed by atoms with Crippen molar-refractivity contribution in [3.05, 3.63) is 65.1 Å². The lowest BCUT2D eigenvalue weighted by Gasteiger charge is -2.33. The number of pyridine rings is 1. The van der Waals surface area contributed by atoms with Gasteiger partial charge >= 0.3 is 0 Å². The number of nitrogens with one attached hydrogen (secondary N) is 1. The average molecular weight is 395 g/mol. The van der Waals surface area contributed by atoms with E-state index in [4.69, 9.17) is 0 Å². The fourth-order valence-electron chi connectivity index (χ4n) is 3.64. The first kappa shape index (κ1) is 18.7. The van der Waals surface area contributed by atoms with E-state index in [2.05, 4.69) is 47.2 Å². The van der Waals surface area contributed by atoms with Gasteiger partial charge in [0.2, 0.25) is 0 Å². The summed E-state index contributed by atoms with van der Waals surface area (Å²) in [7, 11) is 0. The van der Waals surface area contributed by atoms with Crippen molar-refractivity contribution in [1.29, 1.82) is 0 Å². The lowest BCUT2D eigenvalue weighted by molar-refractivity contribution is 0.523. The molecule has 3 heterocycles. The summed E-state index contributed by atoms with van der Waals surface area (Å²) in [5.74, 6) is 1.03. The van der Waals surface area contributed by atoms with E-state index in [-0.39, 0.29) is 11.6 Å². The molecule has 2 aromatic heterocycles. The number of aromatic nitrogens is 2. The predicted molar refractivity (Wildman–Crippen MR) is 117 cm³/mol. The van der Waals surface area contributed by atoms with Gasteiger partial charge in [-0.1, -0.05) is 47.9 Å². The minimum absolute atomic E-state index is 0.0889. The maximum Gasteiger partial charge on any atom is 0.284 e. The molecule has 1 fully saturated rings. The molecular formula is C22H26N4OS. The molecule has 6 heteroatoms. The van der Waals surface area contributed by atoms with Crippen LogP contribution in [0, 0.1) is 0 Å². The van der Waals surface area contributed by atoms with Crippen molar-refractivity contribution in [2.45, 2.75) is 38.8 Å². The minimum Gasteiger partial charge on any atom is -0.376 e. The van der Waals surface area contributed by atoms with E-state index in [1.165, 1.54) is 0 Å². The lowest BCUT2D eigenvalue weighted by atomic mass is 10.0. The first-order valence-corrected chi connectivity index (χ1v) is 10.6. The average Bonchev–Trinajstić information content (AvgIpc) is 3.06. The van der Waals surface area contributed by atoms with Gasteiger partial charge in [0.15, 0.2) is 0 Å². The Labute approximate surface area is 169 Å². The fourth-order valence-corrected chi connectivity index (χ4v) is 4.71. The number of rotatable bonds is 5. The Morgan fingerprint density at radius 1 is 1.07 bits per heavy atom. The normalized spacial score (nSPS) is 15.2. The standard InChI is InChI=1S/C22H26N4OS/c1-16(2)26-22(27)20(21(28-26)17-8-4-3-5-9-17)24-18-11-14-25(15-12-18)19-10-6-7-13-23-19/h3-10,13,16,18,24H,11-12,14-15H2,1-2H3. The van der Waals surface area contributed by atoms with Gasteiger partial charge in [-0.3, -0.25) is 8.75 Å². The van der Waals surface area contributed by atoms with Crippen LogP contribution >= 0.6 is 11.5 Å². The summed E-state index contributed by atoms with van der Waals surface area (Å²) in [5.41, 5.74) is 1.93. The number of piperidine rings is 1. The smallest absolute Gasteiger partial charge is 0.284 e. The monoisotopic (exact) mass is 394 g/mol. The number of anilines is 2. The Kier molecular flexibility index (Phi) is 5.48. The predicted octanol–water partition coefficient (Wildman–Crippen LogP) is 4.63. The molecule has 1 saturated heterocycles. The van der Waals surface area contributed by atoms with Gasteiger partial charge in [-0.05, 0) is 44.4 Å². The van der Waals surface area contributed by atoms with Gasteiger partial charge in [0.25, 0.3) is 5.56 Å². The van der Waals surface area contributed by atoms with E-state index < -0.39 is 0 Å². The van der Waals surface area contributed by atoms with Crippen LogP contribution in [-0.4, -0.2) is 28.1 Å². The molecule has 0 atom stereocenters. The largest absolute Gasteiger partial charge is 0.376 e. The van der Waals surface area contributed by atoms with E-state index in [0.717, 1.165) is 47.9 Å². The number of nitrogens with zero attached hydrogens (tertiary/aromatic N) is 3. The van der Waals surface area contributed by atoms with Gasteiger partial charge in [0.1, 0.15) is 11.5 Å². The van der Waals surface area contributed by atoms with Crippen LogP contribution < -0.4 is 15.8 Å². The molecular weight excluding hydrogens is 368 g/mol. The summed E-state index contributed by atoms with van der Waals surface area (Å²) in [6.45, 7) is 6.00. The first-order valence-electron chi connectivity index (χ1n) is 9.87. The molecule has 5 nitrogen and oxygen atoms in total. The van der Waals surface area contributed by atoms with Crippen molar-refractivity contribution in [3.63, 3.8) is 0 Å². The van der Waals surface area contributed by atoms with E-state index in [9.17, 15) is 4.79 Å². The molecule has 0 unspecified atom stereocenters. The van der Waals surface area contributed by atoms with Crippen molar-refractivity contribution < 1.29 is 0 Å². The zero-order valence-electron chi connectivity index (χ0n) is 16.3. The molecule has 0 spiro atoms. The number of hydrogen-bond donors (Lipinski definition) is 1. The fraction of sp³-hybridized carbons (Fsp3) is 0.364. The summed E-state index contributed by atoms with van der Waals surface area (Å²) >= 11 is 1.55. The second-order valence-electron chi connectivity index (χ2n) is 7.48. The van der Waals surface area contributed by atoms with Crippen LogP contribution in [0.2, 0.25) is 0 Å².